The number of hydrogen-bond donors (Lipinski definition) is 1. The zero-order valence-electron chi connectivity index (χ0n) is 23.7. The number of anilines is 1. The number of amides is 2. The number of nitrogens with one attached hydrogen (secondary N) is 1. The van der Waals surface area contributed by atoms with E-state index in [1.54, 1.807) is 37.3 Å². The first-order chi connectivity index (χ1) is 19.0. The molecule has 0 saturated carbocycles. The van der Waals surface area contributed by atoms with E-state index in [0.29, 0.717) is 11.4 Å². The largest absolute Gasteiger partial charge is 0.493 e. The highest BCUT2D eigenvalue weighted by molar-refractivity contribution is 7.92. The molecule has 40 heavy (non-hydrogen) atoms. The number of benzene rings is 3. The first-order valence-corrected chi connectivity index (χ1v) is 14.4. The maximum absolute atomic E-state index is 14.0. The van der Waals surface area contributed by atoms with E-state index < -0.39 is 28.5 Å². The number of ether oxygens (including phenoxy) is 2. The lowest BCUT2D eigenvalue weighted by Gasteiger charge is -2.32. The Hall–Kier alpha value is -4.05. The molecule has 0 heterocycles. The first kappa shape index (κ1) is 30.5. The topological polar surface area (TPSA) is 105 Å². The lowest BCUT2D eigenvalue weighted by atomic mass is 10.1. The number of carbonyl (C=O) groups excluding carboxylic acids is 2. The van der Waals surface area contributed by atoms with Crippen LogP contribution in [0.5, 0.6) is 11.5 Å². The summed E-state index contributed by atoms with van der Waals surface area (Å²) in [5.41, 5.74) is 2.18. The Morgan fingerprint density at radius 1 is 0.875 bits per heavy atom. The summed E-state index contributed by atoms with van der Waals surface area (Å²) in [5.74, 6) is -0.245. The molecular weight excluding hydrogens is 530 g/mol. The Labute approximate surface area is 236 Å². The van der Waals surface area contributed by atoms with Gasteiger partial charge in [0.2, 0.25) is 11.8 Å². The molecule has 0 bridgehead atoms. The summed E-state index contributed by atoms with van der Waals surface area (Å²) >= 11 is 0. The van der Waals surface area contributed by atoms with Gasteiger partial charge in [-0.2, -0.15) is 0 Å². The molecule has 214 valence electrons. The molecule has 3 aromatic rings. The number of carbonyl (C=O) groups is 2. The molecule has 10 heteroatoms. The van der Waals surface area contributed by atoms with Crippen molar-refractivity contribution >= 4 is 27.5 Å². The fraction of sp³-hybridized carbons (Fsp3) is 0.333. The molecule has 0 aromatic heterocycles. The van der Waals surface area contributed by atoms with E-state index in [2.05, 4.69) is 5.32 Å². The molecule has 0 aliphatic carbocycles. The van der Waals surface area contributed by atoms with Crippen LogP contribution in [0, 0.1) is 6.92 Å². The lowest BCUT2D eigenvalue weighted by Crippen LogP contribution is -2.52. The number of hydrogen-bond acceptors (Lipinski definition) is 6. The zero-order chi connectivity index (χ0) is 29.4. The number of nitrogens with zero attached hydrogens (tertiary/aromatic N) is 2. The molecule has 0 aliphatic heterocycles. The van der Waals surface area contributed by atoms with E-state index in [0.717, 1.165) is 15.4 Å². The minimum atomic E-state index is -4.23. The van der Waals surface area contributed by atoms with E-state index in [1.165, 1.54) is 37.3 Å². The standard InChI is InChI=1S/C30H37N3O6S/c1-21(2)31-30(35)23(4)32(19-24-14-12-22(3)13-15-24)29(34)20-33(25-10-8-7-9-11-25)40(36,37)26-16-17-27(38-5)28(18-26)39-6/h7-18,21,23H,19-20H2,1-6H3,(H,31,35)/t23-/m0/s1. The van der Waals surface area contributed by atoms with Gasteiger partial charge in [-0.3, -0.25) is 13.9 Å². The van der Waals surface area contributed by atoms with Gasteiger partial charge >= 0.3 is 0 Å². The number of aryl methyl sites for hydroxylation is 1. The lowest BCUT2D eigenvalue weighted by molar-refractivity contribution is -0.139. The van der Waals surface area contributed by atoms with Gasteiger partial charge in [0, 0.05) is 18.7 Å². The van der Waals surface area contributed by atoms with Crippen LogP contribution in [0.4, 0.5) is 5.69 Å². The van der Waals surface area contributed by atoms with Gasteiger partial charge in [-0.05, 0) is 57.5 Å². The Balaban J connectivity index is 2.04. The normalized spacial score (nSPS) is 12.0. The summed E-state index contributed by atoms with van der Waals surface area (Å²) in [6.07, 6.45) is 0. The van der Waals surface area contributed by atoms with Crippen LogP contribution in [-0.4, -0.2) is 58.0 Å². The highest BCUT2D eigenvalue weighted by atomic mass is 32.2. The predicted molar refractivity (Wildman–Crippen MR) is 155 cm³/mol. The average Bonchev–Trinajstić information content (AvgIpc) is 2.94. The minimum absolute atomic E-state index is 0.0718. The van der Waals surface area contributed by atoms with Crippen LogP contribution in [0.1, 0.15) is 31.9 Å². The summed E-state index contributed by atoms with van der Waals surface area (Å²) in [4.78, 5) is 28.2. The second-order valence-corrected chi connectivity index (χ2v) is 11.6. The molecular formula is C30H37N3O6S. The van der Waals surface area contributed by atoms with Crippen molar-refractivity contribution < 1.29 is 27.5 Å². The molecule has 0 unspecified atom stereocenters. The summed E-state index contributed by atoms with van der Waals surface area (Å²) in [5, 5.41) is 2.85. The van der Waals surface area contributed by atoms with Crippen molar-refractivity contribution in [1.82, 2.24) is 10.2 Å². The molecule has 2 amide bonds. The fourth-order valence-corrected chi connectivity index (χ4v) is 5.54. The van der Waals surface area contributed by atoms with Gasteiger partial charge in [0.1, 0.15) is 12.6 Å². The van der Waals surface area contributed by atoms with Crippen LogP contribution >= 0.6 is 0 Å². The molecule has 1 N–H and O–H groups in total. The van der Waals surface area contributed by atoms with Crippen molar-refractivity contribution in [3.05, 3.63) is 83.9 Å². The van der Waals surface area contributed by atoms with E-state index >= 15 is 0 Å². The number of methoxy groups -OCH3 is 2. The van der Waals surface area contributed by atoms with Crippen LogP contribution in [0.2, 0.25) is 0 Å². The van der Waals surface area contributed by atoms with Gasteiger partial charge in [-0.15, -0.1) is 0 Å². The SMILES string of the molecule is COc1ccc(S(=O)(=O)N(CC(=O)N(Cc2ccc(C)cc2)[C@@H](C)C(=O)NC(C)C)c2ccccc2)cc1OC. The summed E-state index contributed by atoms with van der Waals surface area (Å²) < 4.78 is 39.6. The van der Waals surface area contributed by atoms with Crippen molar-refractivity contribution in [1.29, 1.82) is 0 Å². The van der Waals surface area contributed by atoms with Crippen LogP contribution < -0.4 is 19.1 Å². The van der Waals surface area contributed by atoms with Gasteiger partial charge in [0.05, 0.1) is 24.8 Å². The minimum Gasteiger partial charge on any atom is -0.493 e. The van der Waals surface area contributed by atoms with E-state index in [4.69, 9.17) is 9.47 Å². The highest BCUT2D eigenvalue weighted by Crippen LogP contribution is 2.32. The predicted octanol–water partition coefficient (Wildman–Crippen LogP) is 4.15. The van der Waals surface area contributed by atoms with Crippen LogP contribution in [0.25, 0.3) is 0 Å². The Morgan fingerprint density at radius 3 is 2.08 bits per heavy atom. The van der Waals surface area contributed by atoms with Crippen LogP contribution in [-0.2, 0) is 26.2 Å². The first-order valence-electron chi connectivity index (χ1n) is 12.9. The monoisotopic (exact) mass is 567 g/mol. The molecule has 0 saturated heterocycles. The molecule has 9 nitrogen and oxygen atoms in total. The van der Waals surface area contributed by atoms with Crippen LogP contribution in [0.15, 0.2) is 77.7 Å². The van der Waals surface area contributed by atoms with Gasteiger partial charge < -0.3 is 19.7 Å². The second kappa shape index (κ2) is 13.3. The molecule has 0 spiro atoms. The number of para-hydroxylation sites is 1. The Bertz CT molecular complexity index is 1410. The van der Waals surface area contributed by atoms with Crippen LogP contribution in [0.3, 0.4) is 0 Å². The molecule has 3 aromatic carbocycles. The summed E-state index contributed by atoms with van der Waals surface area (Å²) in [6, 6.07) is 19.3. The van der Waals surface area contributed by atoms with E-state index in [9.17, 15) is 18.0 Å². The van der Waals surface area contributed by atoms with E-state index in [-0.39, 0.29) is 29.1 Å². The second-order valence-electron chi connectivity index (χ2n) is 9.71. The number of rotatable bonds is 12. The third-order valence-corrected chi connectivity index (χ3v) is 8.11. The van der Waals surface area contributed by atoms with Gasteiger partial charge in [0.15, 0.2) is 11.5 Å². The Kier molecular flexibility index (Phi) is 10.2. The van der Waals surface area contributed by atoms with Gasteiger partial charge in [-0.25, -0.2) is 8.42 Å². The fourth-order valence-electron chi connectivity index (χ4n) is 4.11. The molecule has 0 fully saturated rings. The van der Waals surface area contributed by atoms with Gasteiger partial charge in [-0.1, -0.05) is 48.0 Å². The summed E-state index contributed by atoms with van der Waals surface area (Å²) in [7, 11) is -1.36. The average molecular weight is 568 g/mol. The van der Waals surface area contributed by atoms with Gasteiger partial charge in [0.25, 0.3) is 10.0 Å². The Morgan fingerprint density at radius 2 is 1.50 bits per heavy atom. The van der Waals surface area contributed by atoms with Crippen molar-refractivity contribution in [3.63, 3.8) is 0 Å². The van der Waals surface area contributed by atoms with Crippen molar-refractivity contribution in [2.24, 2.45) is 0 Å². The number of sulfonamides is 1. The molecule has 1 atom stereocenters. The highest BCUT2D eigenvalue weighted by Gasteiger charge is 2.33. The molecule has 0 aliphatic rings. The van der Waals surface area contributed by atoms with Crippen molar-refractivity contribution in [2.75, 3.05) is 25.1 Å². The van der Waals surface area contributed by atoms with Crippen molar-refractivity contribution in [3.8, 4) is 11.5 Å². The zero-order valence-corrected chi connectivity index (χ0v) is 24.6. The quantitative estimate of drug-likeness (QED) is 0.353. The van der Waals surface area contributed by atoms with Crippen molar-refractivity contribution in [2.45, 2.75) is 51.2 Å². The maximum atomic E-state index is 14.0. The molecule has 0 radical (unpaired) electrons. The maximum Gasteiger partial charge on any atom is 0.264 e. The third-order valence-electron chi connectivity index (χ3n) is 6.34. The smallest absolute Gasteiger partial charge is 0.264 e. The van der Waals surface area contributed by atoms with E-state index in [1.807, 2.05) is 45.0 Å². The third kappa shape index (κ3) is 7.32. The molecule has 3 rings (SSSR count). The summed E-state index contributed by atoms with van der Waals surface area (Å²) in [6.45, 7) is 6.88.